The molecule has 1 aromatic carbocycles. The van der Waals surface area contributed by atoms with E-state index in [-0.39, 0.29) is 30.6 Å². The first-order chi connectivity index (χ1) is 15.0. The average molecular weight is 416 g/mol. The molecule has 3 aromatic rings. The largest absolute Gasteiger partial charge is 0.454 e. The van der Waals surface area contributed by atoms with Crippen LogP contribution in [0.3, 0.4) is 0 Å². The fourth-order valence-electron chi connectivity index (χ4n) is 4.30. The van der Waals surface area contributed by atoms with Crippen LogP contribution in [-0.4, -0.2) is 27.7 Å². The van der Waals surface area contributed by atoms with Crippen LogP contribution in [0.4, 0.5) is 0 Å². The molecule has 0 unspecified atom stereocenters. The van der Waals surface area contributed by atoms with Crippen molar-refractivity contribution < 1.29 is 14.3 Å². The minimum Gasteiger partial charge on any atom is -0.454 e. The van der Waals surface area contributed by atoms with Crippen molar-refractivity contribution in [2.75, 3.05) is 6.79 Å². The highest BCUT2D eigenvalue weighted by molar-refractivity contribution is 5.79. The molecule has 0 radical (unpaired) electrons. The molecule has 1 aliphatic heterocycles. The normalized spacial score (nSPS) is 18.3. The molecule has 7 heteroatoms. The van der Waals surface area contributed by atoms with Gasteiger partial charge in [0.15, 0.2) is 17.3 Å². The van der Waals surface area contributed by atoms with Gasteiger partial charge in [-0.15, -0.1) is 0 Å². The second-order valence-electron chi connectivity index (χ2n) is 8.86. The molecule has 3 heterocycles. The SMILES string of the molecule is CC1(C)Cc2nc(-c3ccncc3)ncc2[C@H](NC(=O)Cc2ccc3c(c2)OCO3)C1. The van der Waals surface area contributed by atoms with Crippen molar-refractivity contribution in [2.24, 2.45) is 5.41 Å². The number of carbonyl (C=O) groups is 1. The molecule has 158 valence electrons. The van der Waals surface area contributed by atoms with Crippen LogP contribution in [0, 0.1) is 5.41 Å². The quantitative estimate of drug-likeness (QED) is 0.699. The summed E-state index contributed by atoms with van der Waals surface area (Å²) in [7, 11) is 0. The van der Waals surface area contributed by atoms with Crippen molar-refractivity contribution in [1.82, 2.24) is 20.3 Å². The third kappa shape index (κ3) is 4.08. The van der Waals surface area contributed by atoms with E-state index in [1.54, 1.807) is 12.4 Å². The monoisotopic (exact) mass is 416 g/mol. The summed E-state index contributed by atoms with van der Waals surface area (Å²) < 4.78 is 10.8. The molecule has 1 N–H and O–H groups in total. The first kappa shape index (κ1) is 19.5. The van der Waals surface area contributed by atoms with E-state index in [1.807, 2.05) is 36.5 Å². The van der Waals surface area contributed by atoms with Crippen molar-refractivity contribution in [3.8, 4) is 22.9 Å². The predicted octanol–water partition coefficient (Wildman–Crippen LogP) is 3.64. The molecule has 0 fully saturated rings. The van der Waals surface area contributed by atoms with Crippen molar-refractivity contribution in [3.05, 3.63) is 65.7 Å². The highest BCUT2D eigenvalue weighted by Crippen LogP contribution is 2.40. The Bertz CT molecular complexity index is 1130. The Morgan fingerprint density at radius 2 is 1.97 bits per heavy atom. The number of nitrogens with zero attached hydrogens (tertiary/aromatic N) is 3. The number of amides is 1. The van der Waals surface area contributed by atoms with Crippen molar-refractivity contribution >= 4 is 5.91 Å². The van der Waals surface area contributed by atoms with Gasteiger partial charge in [0.25, 0.3) is 0 Å². The number of hydrogen-bond donors (Lipinski definition) is 1. The third-order valence-corrected chi connectivity index (χ3v) is 5.75. The van der Waals surface area contributed by atoms with E-state index in [9.17, 15) is 4.79 Å². The molecule has 1 amide bonds. The number of pyridine rings is 1. The van der Waals surface area contributed by atoms with E-state index in [2.05, 4.69) is 29.1 Å². The van der Waals surface area contributed by atoms with Gasteiger partial charge in [-0.2, -0.15) is 0 Å². The van der Waals surface area contributed by atoms with Gasteiger partial charge in [-0.05, 0) is 48.1 Å². The first-order valence-electron chi connectivity index (χ1n) is 10.4. The molecule has 1 aliphatic carbocycles. The van der Waals surface area contributed by atoms with Gasteiger partial charge in [0.1, 0.15) is 0 Å². The summed E-state index contributed by atoms with van der Waals surface area (Å²) in [6.07, 6.45) is 7.29. The van der Waals surface area contributed by atoms with E-state index >= 15 is 0 Å². The van der Waals surface area contributed by atoms with Gasteiger partial charge in [-0.25, -0.2) is 9.97 Å². The first-order valence-corrected chi connectivity index (χ1v) is 10.4. The number of rotatable bonds is 4. The molecule has 31 heavy (non-hydrogen) atoms. The fraction of sp³-hybridized carbons (Fsp3) is 0.333. The Morgan fingerprint density at radius 1 is 1.16 bits per heavy atom. The Morgan fingerprint density at radius 3 is 2.81 bits per heavy atom. The van der Waals surface area contributed by atoms with E-state index in [0.717, 1.165) is 35.2 Å². The van der Waals surface area contributed by atoms with Gasteiger partial charge in [-0.3, -0.25) is 9.78 Å². The summed E-state index contributed by atoms with van der Waals surface area (Å²) >= 11 is 0. The predicted molar refractivity (Wildman–Crippen MR) is 115 cm³/mol. The number of ether oxygens (including phenoxy) is 2. The fourth-order valence-corrected chi connectivity index (χ4v) is 4.30. The van der Waals surface area contributed by atoms with Crippen LogP contribution in [0.15, 0.2) is 48.9 Å². The topological polar surface area (TPSA) is 86.2 Å². The standard InChI is InChI=1S/C24H24N4O3/c1-24(2)11-18(27-22(29)10-15-3-4-20-21(9-15)31-14-30-20)17-13-26-23(28-19(17)12-24)16-5-7-25-8-6-16/h3-9,13,18H,10-12,14H2,1-2H3,(H,27,29)/t18-/m1/s1. The zero-order valence-electron chi connectivity index (χ0n) is 17.6. The van der Waals surface area contributed by atoms with E-state index in [4.69, 9.17) is 14.5 Å². The number of fused-ring (bicyclic) bond motifs is 2. The van der Waals surface area contributed by atoms with Crippen LogP contribution in [0.5, 0.6) is 11.5 Å². The average Bonchev–Trinajstić information content (AvgIpc) is 3.21. The maximum Gasteiger partial charge on any atom is 0.231 e. The van der Waals surface area contributed by atoms with E-state index in [1.165, 1.54) is 0 Å². The van der Waals surface area contributed by atoms with Gasteiger partial charge in [0.2, 0.25) is 12.7 Å². The smallest absolute Gasteiger partial charge is 0.231 e. The zero-order valence-corrected chi connectivity index (χ0v) is 17.6. The summed E-state index contributed by atoms with van der Waals surface area (Å²) in [5.41, 5.74) is 3.83. The van der Waals surface area contributed by atoms with Crippen molar-refractivity contribution in [1.29, 1.82) is 0 Å². The van der Waals surface area contributed by atoms with Crippen molar-refractivity contribution in [2.45, 2.75) is 39.2 Å². The second-order valence-corrected chi connectivity index (χ2v) is 8.86. The Kier molecular flexibility index (Phi) is 4.81. The molecule has 0 bridgehead atoms. The Hall–Kier alpha value is -3.48. The van der Waals surface area contributed by atoms with Crippen LogP contribution in [0.2, 0.25) is 0 Å². The van der Waals surface area contributed by atoms with Gasteiger partial charge >= 0.3 is 0 Å². The number of carbonyl (C=O) groups excluding carboxylic acids is 1. The lowest BCUT2D eigenvalue weighted by molar-refractivity contribution is -0.121. The molecule has 0 saturated carbocycles. The third-order valence-electron chi connectivity index (χ3n) is 5.75. The molecule has 2 aliphatic rings. The summed E-state index contributed by atoms with van der Waals surface area (Å²) in [4.78, 5) is 26.3. The van der Waals surface area contributed by atoms with Crippen LogP contribution in [-0.2, 0) is 17.6 Å². The number of benzene rings is 1. The summed E-state index contributed by atoms with van der Waals surface area (Å²) in [5.74, 6) is 2.05. The Labute approximate surface area is 180 Å². The number of aromatic nitrogens is 3. The highest BCUT2D eigenvalue weighted by Gasteiger charge is 2.34. The molecule has 0 saturated heterocycles. The maximum absolute atomic E-state index is 12.9. The second kappa shape index (κ2) is 7.65. The highest BCUT2D eigenvalue weighted by atomic mass is 16.7. The number of hydrogen-bond acceptors (Lipinski definition) is 6. The Balaban J connectivity index is 1.36. The molecule has 5 rings (SSSR count). The molecule has 1 atom stereocenters. The van der Waals surface area contributed by atoms with Crippen LogP contribution in [0.1, 0.15) is 43.1 Å². The van der Waals surface area contributed by atoms with E-state index in [0.29, 0.717) is 17.3 Å². The van der Waals surface area contributed by atoms with Crippen molar-refractivity contribution in [3.63, 3.8) is 0 Å². The van der Waals surface area contributed by atoms with Gasteiger partial charge in [0, 0.05) is 29.7 Å². The molecule has 7 nitrogen and oxygen atoms in total. The summed E-state index contributed by atoms with van der Waals surface area (Å²) in [5, 5.41) is 3.21. The molecular formula is C24H24N4O3. The lowest BCUT2D eigenvalue weighted by atomic mass is 9.74. The van der Waals surface area contributed by atoms with Gasteiger partial charge in [-0.1, -0.05) is 19.9 Å². The lowest BCUT2D eigenvalue weighted by Gasteiger charge is -2.36. The minimum absolute atomic E-state index is 0.0214. The van der Waals surface area contributed by atoms with Gasteiger partial charge in [0.05, 0.1) is 18.2 Å². The molecular weight excluding hydrogens is 392 g/mol. The van der Waals surface area contributed by atoms with Crippen LogP contribution >= 0.6 is 0 Å². The zero-order chi connectivity index (χ0) is 21.4. The number of nitrogens with one attached hydrogen (secondary N) is 1. The lowest BCUT2D eigenvalue weighted by Crippen LogP contribution is -2.37. The maximum atomic E-state index is 12.9. The minimum atomic E-state index is -0.119. The van der Waals surface area contributed by atoms with E-state index < -0.39 is 0 Å². The molecule has 0 spiro atoms. The van der Waals surface area contributed by atoms with Crippen LogP contribution in [0.25, 0.3) is 11.4 Å². The van der Waals surface area contributed by atoms with Crippen LogP contribution < -0.4 is 14.8 Å². The van der Waals surface area contributed by atoms with Gasteiger partial charge < -0.3 is 14.8 Å². The summed E-state index contributed by atoms with van der Waals surface area (Å²) in [6, 6.07) is 9.30. The molecule has 2 aromatic heterocycles. The summed E-state index contributed by atoms with van der Waals surface area (Å²) in [6.45, 7) is 4.64.